The minimum Gasteiger partial charge on any atom is -0.493 e. The Kier molecular flexibility index (Phi) is 4.78. The van der Waals surface area contributed by atoms with Crippen LogP contribution >= 0.6 is 0 Å². The molecule has 0 fully saturated rings. The predicted octanol–water partition coefficient (Wildman–Crippen LogP) is 3.02. The zero-order valence-corrected chi connectivity index (χ0v) is 13.8. The van der Waals surface area contributed by atoms with E-state index in [0.717, 1.165) is 12.1 Å². The van der Waals surface area contributed by atoms with Crippen molar-refractivity contribution in [2.75, 3.05) is 19.5 Å². The summed E-state index contributed by atoms with van der Waals surface area (Å²) in [6, 6.07) is 7.63. The molecule has 0 saturated heterocycles. The largest absolute Gasteiger partial charge is 0.493 e. The van der Waals surface area contributed by atoms with E-state index in [-0.39, 0.29) is 11.5 Å². The Bertz CT molecular complexity index is 939. The van der Waals surface area contributed by atoms with Crippen molar-refractivity contribution in [1.82, 2.24) is 15.2 Å². The molecule has 7 nitrogen and oxygen atoms in total. The molecule has 0 unspecified atom stereocenters. The molecule has 0 atom stereocenters. The molecule has 26 heavy (non-hydrogen) atoms. The summed E-state index contributed by atoms with van der Waals surface area (Å²) in [5.74, 6) is -1.05. The number of nitrogens with one attached hydrogen (secondary N) is 2. The number of carbonyl (C=O) groups is 1. The van der Waals surface area contributed by atoms with Crippen LogP contribution in [0.3, 0.4) is 0 Å². The molecular formula is C17H14F2N4O3. The van der Waals surface area contributed by atoms with Crippen molar-refractivity contribution in [3.63, 3.8) is 0 Å². The van der Waals surface area contributed by atoms with E-state index in [1.807, 2.05) is 0 Å². The highest BCUT2D eigenvalue weighted by molar-refractivity contribution is 6.03. The summed E-state index contributed by atoms with van der Waals surface area (Å²) in [7, 11) is 3.03. The zero-order chi connectivity index (χ0) is 18.7. The van der Waals surface area contributed by atoms with Crippen molar-refractivity contribution in [3.8, 4) is 22.9 Å². The molecule has 0 aliphatic carbocycles. The number of H-pyrrole nitrogens is 1. The van der Waals surface area contributed by atoms with E-state index in [9.17, 15) is 13.6 Å². The Balaban J connectivity index is 1.80. The molecule has 1 aromatic heterocycles. The van der Waals surface area contributed by atoms with E-state index in [0.29, 0.717) is 29.0 Å². The van der Waals surface area contributed by atoms with E-state index in [1.165, 1.54) is 14.2 Å². The SMILES string of the molecule is COc1ccc(-c2nc(NC(=O)c3cc(F)cc(F)c3)n[nH]2)cc1OC. The van der Waals surface area contributed by atoms with Gasteiger partial charge in [-0.25, -0.2) is 8.78 Å². The lowest BCUT2D eigenvalue weighted by Crippen LogP contribution is -2.13. The maximum atomic E-state index is 13.2. The number of anilines is 1. The quantitative estimate of drug-likeness (QED) is 0.730. The van der Waals surface area contributed by atoms with Crippen molar-refractivity contribution in [2.45, 2.75) is 0 Å². The Morgan fingerprint density at radius 2 is 1.73 bits per heavy atom. The standard InChI is InChI=1S/C17H14F2N4O3/c1-25-13-4-3-9(7-14(13)26-2)15-20-17(23-22-15)21-16(24)10-5-11(18)8-12(19)6-10/h3-8H,1-2H3,(H2,20,21,22,23,24). The normalized spacial score (nSPS) is 10.5. The van der Waals surface area contributed by atoms with E-state index in [4.69, 9.17) is 9.47 Å². The number of halogens is 2. The molecule has 0 spiro atoms. The first kappa shape index (κ1) is 17.3. The van der Waals surface area contributed by atoms with Gasteiger partial charge in [0.2, 0.25) is 5.95 Å². The molecule has 0 saturated carbocycles. The van der Waals surface area contributed by atoms with Gasteiger partial charge in [0.1, 0.15) is 11.6 Å². The number of nitrogens with zero attached hydrogens (tertiary/aromatic N) is 2. The van der Waals surface area contributed by atoms with Crippen LogP contribution in [0, 0.1) is 11.6 Å². The molecule has 0 radical (unpaired) electrons. The molecule has 1 heterocycles. The molecule has 9 heteroatoms. The fraction of sp³-hybridized carbons (Fsp3) is 0.118. The number of methoxy groups -OCH3 is 2. The van der Waals surface area contributed by atoms with Crippen molar-refractivity contribution < 1.29 is 23.0 Å². The Labute approximate surface area is 147 Å². The fourth-order valence-electron chi connectivity index (χ4n) is 2.29. The van der Waals surface area contributed by atoms with E-state index < -0.39 is 17.5 Å². The third-order valence-electron chi connectivity index (χ3n) is 3.49. The summed E-state index contributed by atoms with van der Waals surface area (Å²) < 4.78 is 36.8. The van der Waals surface area contributed by atoms with Crippen LogP contribution in [0.1, 0.15) is 10.4 Å². The van der Waals surface area contributed by atoms with Gasteiger partial charge < -0.3 is 9.47 Å². The van der Waals surface area contributed by atoms with Crippen LogP contribution in [0.25, 0.3) is 11.4 Å². The smallest absolute Gasteiger partial charge is 0.258 e. The van der Waals surface area contributed by atoms with Gasteiger partial charge in [0.05, 0.1) is 14.2 Å². The first-order chi connectivity index (χ1) is 12.5. The molecule has 1 amide bonds. The maximum Gasteiger partial charge on any atom is 0.258 e. The first-order valence-corrected chi connectivity index (χ1v) is 7.42. The number of ether oxygens (including phenoxy) is 2. The van der Waals surface area contributed by atoms with Crippen LogP contribution < -0.4 is 14.8 Å². The summed E-state index contributed by atoms with van der Waals surface area (Å²) in [6.45, 7) is 0. The van der Waals surface area contributed by atoms with Gasteiger partial charge in [0.25, 0.3) is 5.91 Å². The number of hydrogen-bond acceptors (Lipinski definition) is 5. The summed E-state index contributed by atoms with van der Waals surface area (Å²) in [6.07, 6.45) is 0. The minimum absolute atomic E-state index is 0.0375. The second-order valence-corrected chi connectivity index (χ2v) is 5.19. The number of hydrogen-bond donors (Lipinski definition) is 2. The Morgan fingerprint density at radius 3 is 2.38 bits per heavy atom. The van der Waals surface area contributed by atoms with Crippen LogP contribution in [-0.2, 0) is 0 Å². The first-order valence-electron chi connectivity index (χ1n) is 7.42. The number of aromatic nitrogens is 3. The highest BCUT2D eigenvalue weighted by atomic mass is 19.1. The van der Waals surface area contributed by atoms with E-state index in [1.54, 1.807) is 18.2 Å². The van der Waals surface area contributed by atoms with Crippen LogP contribution in [0.2, 0.25) is 0 Å². The van der Waals surface area contributed by atoms with Gasteiger partial charge in [0.15, 0.2) is 17.3 Å². The number of amides is 1. The fourth-order valence-corrected chi connectivity index (χ4v) is 2.29. The van der Waals surface area contributed by atoms with E-state index >= 15 is 0 Å². The maximum absolute atomic E-state index is 13.2. The van der Waals surface area contributed by atoms with Gasteiger partial charge in [0, 0.05) is 17.2 Å². The molecule has 0 bridgehead atoms. The second kappa shape index (κ2) is 7.18. The summed E-state index contributed by atoms with van der Waals surface area (Å²) in [4.78, 5) is 16.2. The van der Waals surface area contributed by atoms with E-state index in [2.05, 4.69) is 20.5 Å². The highest BCUT2D eigenvalue weighted by Crippen LogP contribution is 2.31. The molecule has 3 aromatic rings. The molecule has 3 rings (SSSR count). The number of carbonyl (C=O) groups excluding carboxylic acids is 1. The average molecular weight is 360 g/mol. The van der Waals surface area contributed by atoms with Gasteiger partial charge >= 0.3 is 0 Å². The summed E-state index contributed by atoms with van der Waals surface area (Å²) >= 11 is 0. The Hall–Kier alpha value is -3.49. The monoisotopic (exact) mass is 360 g/mol. The topological polar surface area (TPSA) is 89.1 Å². The number of aromatic amines is 1. The lowest BCUT2D eigenvalue weighted by molar-refractivity contribution is 0.102. The number of benzene rings is 2. The molecule has 2 aromatic carbocycles. The Morgan fingerprint density at radius 1 is 1.04 bits per heavy atom. The van der Waals surface area contributed by atoms with Gasteiger partial charge in [-0.3, -0.25) is 15.2 Å². The van der Waals surface area contributed by atoms with Crippen LogP contribution in [0.15, 0.2) is 36.4 Å². The van der Waals surface area contributed by atoms with Gasteiger partial charge in [-0.2, -0.15) is 4.98 Å². The molecular weight excluding hydrogens is 346 g/mol. The van der Waals surface area contributed by atoms with Crippen molar-refractivity contribution in [1.29, 1.82) is 0 Å². The van der Waals surface area contributed by atoms with Crippen LogP contribution in [0.4, 0.5) is 14.7 Å². The molecule has 0 aliphatic heterocycles. The lowest BCUT2D eigenvalue weighted by atomic mass is 10.2. The van der Waals surface area contributed by atoms with Crippen LogP contribution in [-0.4, -0.2) is 35.3 Å². The zero-order valence-electron chi connectivity index (χ0n) is 13.8. The van der Waals surface area contributed by atoms with Crippen molar-refractivity contribution in [3.05, 3.63) is 53.6 Å². The molecule has 134 valence electrons. The highest BCUT2D eigenvalue weighted by Gasteiger charge is 2.14. The second-order valence-electron chi connectivity index (χ2n) is 5.19. The predicted molar refractivity (Wildman–Crippen MR) is 89.2 cm³/mol. The average Bonchev–Trinajstić information content (AvgIpc) is 3.08. The number of rotatable bonds is 5. The van der Waals surface area contributed by atoms with Gasteiger partial charge in [-0.1, -0.05) is 0 Å². The van der Waals surface area contributed by atoms with Gasteiger partial charge in [-0.15, -0.1) is 5.10 Å². The third kappa shape index (κ3) is 3.61. The van der Waals surface area contributed by atoms with Crippen LogP contribution in [0.5, 0.6) is 11.5 Å². The minimum atomic E-state index is -0.851. The van der Waals surface area contributed by atoms with Gasteiger partial charge in [-0.05, 0) is 30.3 Å². The lowest BCUT2D eigenvalue weighted by Gasteiger charge is -2.07. The van der Waals surface area contributed by atoms with Crippen molar-refractivity contribution >= 4 is 11.9 Å². The molecule has 2 N–H and O–H groups in total. The summed E-state index contributed by atoms with van der Waals surface area (Å²) in [5.41, 5.74) is 0.465. The van der Waals surface area contributed by atoms with Crippen molar-refractivity contribution in [2.24, 2.45) is 0 Å². The molecule has 0 aliphatic rings. The third-order valence-corrected chi connectivity index (χ3v) is 3.49. The summed E-state index contributed by atoms with van der Waals surface area (Å²) in [5, 5.41) is 8.92.